The fourth-order valence-corrected chi connectivity index (χ4v) is 3.18. The number of hydrogen-bond donors (Lipinski definition) is 1. The van der Waals surface area contributed by atoms with Gasteiger partial charge in [0.1, 0.15) is 11.3 Å². The minimum atomic E-state index is 0.801. The summed E-state index contributed by atoms with van der Waals surface area (Å²) in [6, 6.07) is 12.2. The van der Waals surface area contributed by atoms with E-state index in [1.165, 1.54) is 0 Å². The second-order valence-electron chi connectivity index (χ2n) is 4.94. The Morgan fingerprint density at radius 2 is 1.95 bits per heavy atom. The highest BCUT2D eigenvalue weighted by Gasteiger charge is 2.17. The number of benzene rings is 2. The van der Waals surface area contributed by atoms with Crippen LogP contribution in [0.5, 0.6) is 0 Å². The van der Waals surface area contributed by atoms with Gasteiger partial charge in [0.2, 0.25) is 0 Å². The minimum Gasteiger partial charge on any atom is -0.460 e. The number of nitrogen functional groups attached to an aromatic ring is 1. The molecule has 0 aliphatic rings. The topological polar surface area (TPSA) is 39.2 Å². The first-order chi connectivity index (χ1) is 9.61. The van der Waals surface area contributed by atoms with Crippen molar-refractivity contribution in [3.05, 3.63) is 52.2 Å². The van der Waals surface area contributed by atoms with E-state index in [0.29, 0.717) is 0 Å². The predicted octanol–water partition coefficient (Wildman–Crippen LogP) is 5.32. The summed E-state index contributed by atoms with van der Waals surface area (Å²) >= 11 is 3.65. The standard InChI is InChI=1S/C17H16BrNO/c1-3-15-17(11-6-4-5-7-16(11)20-15)12-9-14(19)10(2)8-13(12)18/h4-9H,3,19H2,1-2H3. The first-order valence-electron chi connectivity index (χ1n) is 6.68. The van der Waals surface area contributed by atoms with Gasteiger partial charge in [0.05, 0.1) is 0 Å². The lowest BCUT2D eigenvalue weighted by Gasteiger charge is -2.09. The number of halogens is 1. The molecular weight excluding hydrogens is 314 g/mol. The molecule has 102 valence electrons. The maximum Gasteiger partial charge on any atom is 0.134 e. The third kappa shape index (κ3) is 2.02. The van der Waals surface area contributed by atoms with Gasteiger partial charge >= 0.3 is 0 Å². The molecule has 0 aliphatic carbocycles. The Kier molecular flexibility index (Phi) is 3.30. The SMILES string of the molecule is CCc1oc2ccccc2c1-c1cc(N)c(C)cc1Br. The molecule has 0 amide bonds. The minimum absolute atomic E-state index is 0.801. The van der Waals surface area contributed by atoms with E-state index in [2.05, 4.69) is 35.0 Å². The number of aryl methyl sites for hydroxylation is 2. The Hall–Kier alpha value is -1.74. The van der Waals surface area contributed by atoms with Crippen LogP contribution in [0.25, 0.3) is 22.1 Å². The van der Waals surface area contributed by atoms with Crippen molar-refractivity contribution in [2.45, 2.75) is 20.3 Å². The van der Waals surface area contributed by atoms with Gasteiger partial charge in [-0.25, -0.2) is 0 Å². The average molecular weight is 330 g/mol. The number of anilines is 1. The summed E-state index contributed by atoms with van der Waals surface area (Å²) in [5.74, 6) is 0.996. The van der Waals surface area contributed by atoms with E-state index in [1.807, 2.05) is 31.2 Å². The molecule has 2 aromatic carbocycles. The summed E-state index contributed by atoms with van der Waals surface area (Å²) in [6.07, 6.45) is 0.851. The summed E-state index contributed by atoms with van der Waals surface area (Å²) in [6.45, 7) is 4.12. The highest BCUT2D eigenvalue weighted by Crippen LogP contribution is 2.40. The summed E-state index contributed by atoms with van der Waals surface area (Å²) < 4.78 is 7.01. The molecule has 2 N–H and O–H groups in total. The van der Waals surface area contributed by atoms with Crippen molar-refractivity contribution in [3.8, 4) is 11.1 Å². The number of nitrogens with two attached hydrogens (primary N) is 1. The smallest absolute Gasteiger partial charge is 0.134 e. The monoisotopic (exact) mass is 329 g/mol. The molecule has 0 fully saturated rings. The molecule has 0 atom stereocenters. The second-order valence-corrected chi connectivity index (χ2v) is 5.79. The van der Waals surface area contributed by atoms with Crippen molar-refractivity contribution in [1.29, 1.82) is 0 Å². The van der Waals surface area contributed by atoms with Crippen LogP contribution in [0.1, 0.15) is 18.2 Å². The molecule has 0 unspecified atom stereocenters. The molecule has 2 nitrogen and oxygen atoms in total. The van der Waals surface area contributed by atoms with Crippen LogP contribution in [0.15, 0.2) is 45.3 Å². The van der Waals surface area contributed by atoms with Gasteiger partial charge in [0.25, 0.3) is 0 Å². The van der Waals surface area contributed by atoms with E-state index in [9.17, 15) is 0 Å². The van der Waals surface area contributed by atoms with Crippen LogP contribution in [0.2, 0.25) is 0 Å². The van der Waals surface area contributed by atoms with Crippen molar-refractivity contribution in [1.82, 2.24) is 0 Å². The highest BCUT2D eigenvalue weighted by molar-refractivity contribution is 9.10. The van der Waals surface area contributed by atoms with Crippen LogP contribution in [-0.2, 0) is 6.42 Å². The Balaban J connectivity index is 2.36. The van der Waals surface area contributed by atoms with Crippen LogP contribution in [0.3, 0.4) is 0 Å². The number of furan rings is 1. The van der Waals surface area contributed by atoms with E-state index in [-0.39, 0.29) is 0 Å². The Labute approximate surface area is 126 Å². The van der Waals surface area contributed by atoms with E-state index in [1.54, 1.807) is 0 Å². The van der Waals surface area contributed by atoms with Crippen LogP contribution in [0, 0.1) is 6.92 Å². The Bertz CT molecular complexity index is 789. The highest BCUT2D eigenvalue weighted by atomic mass is 79.9. The Morgan fingerprint density at radius 3 is 2.70 bits per heavy atom. The van der Waals surface area contributed by atoms with E-state index < -0.39 is 0 Å². The summed E-state index contributed by atoms with van der Waals surface area (Å²) in [4.78, 5) is 0. The van der Waals surface area contributed by atoms with Crippen LogP contribution in [-0.4, -0.2) is 0 Å². The largest absolute Gasteiger partial charge is 0.460 e. The van der Waals surface area contributed by atoms with Crippen molar-refractivity contribution in [3.63, 3.8) is 0 Å². The molecule has 0 bridgehead atoms. The van der Waals surface area contributed by atoms with Crippen LogP contribution in [0.4, 0.5) is 5.69 Å². The molecule has 0 radical (unpaired) electrons. The van der Waals surface area contributed by atoms with E-state index in [0.717, 1.165) is 50.0 Å². The van der Waals surface area contributed by atoms with Crippen molar-refractivity contribution < 1.29 is 4.42 Å². The van der Waals surface area contributed by atoms with Gasteiger partial charge in [0, 0.05) is 33.1 Å². The average Bonchev–Trinajstić information content (AvgIpc) is 2.81. The van der Waals surface area contributed by atoms with Gasteiger partial charge < -0.3 is 10.2 Å². The fraction of sp³-hybridized carbons (Fsp3) is 0.176. The molecule has 3 aromatic rings. The lowest BCUT2D eigenvalue weighted by Crippen LogP contribution is -1.92. The van der Waals surface area contributed by atoms with Crippen LogP contribution < -0.4 is 5.73 Å². The quantitative estimate of drug-likeness (QED) is 0.646. The summed E-state index contributed by atoms with van der Waals surface area (Å²) in [5.41, 5.74) is 11.1. The number of fused-ring (bicyclic) bond motifs is 1. The van der Waals surface area contributed by atoms with Gasteiger partial charge in [-0.2, -0.15) is 0 Å². The third-order valence-corrected chi connectivity index (χ3v) is 4.27. The lowest BCUT2D eigenvalue weighted by molar-refractivity contribution is 0.558. The molecule has 0 saturated heterocycles. The van der Waals surface area contributed by atoms with Crippen molar-refractivity contribution in [2.24, 2.45) is 0 Å². The number of hydrogen-bond acceptors (Lipinski definition) is 2. The zero-order valence-corrected chi connectivity index (χ0v) is 13.1. The molecule has 0 saturated carbocycles. The fourth-order valence-electron chi connectivity index (χ4n) is 2.52. The third-order valence-electron chi connectivity index (χ3n) is 3.61. The normalized spacial score (nSPS) is 11.2. The molecule has 3 heteroatoms. The van der Waals surface area contributed by atoms with Gasteiger partial charge in [-0.15, -0.1) is 0 Å². The van der Waals surface area contributed by atoms with Gasteiger partial charge in [-0.05, 0) is 30.7 Å². The molecule has 3 rings (SSSR count). The number of rotatable bonds is 2. The lowest BCUT2D eigenvalue weighted by atomic mass is 9.99. The van der Waals surface area contributed by atoms with Gasteiger partial charge in [-0.3, -0.25) is 0 Å². The zero-order chi connectivity index (χ0) is 14.3. The second kappa shape index (κ2) is 4.98. The Morgan fingerprint density at radius 1 is 1.20 bits per heavy atom. The molecule has 0 aliphatic heterocycles. The zero-order valence-electron chi connectivity index (χ0n) is 11.5. The first-order valence-corrected chi connectivity index (χ1v) is 7.47. The van der Waals surface area contributed by atoms with Crippen LogP contribution >= 0.6 is 15.9 Å². The maximum absolute atomic E-state index is 6.08. The predicted molar refractivity (Wildman–Crippen MR) is 87.9 cm³/mol. The summed E-state index contributed by atoms with van der Waals surface area (Å²) in [5, 5.41) is 1.13. The van der Waals surface area contributed by atoms with E-state index in [4.69, 9.17) is 10.2 Å². The molecule has 20 heavy (non-hydrogen) atoms. The molecular formula is C17H16BrNO. The summed E-state index contributed by atoms with van der Waals surface area (Å²) in [7, 11) is 0. The van der Waals surface area contributed by atoms with Crippen molar-refractivity contribution >= 4 is 32.6 Å². The molecule has 1 heterocycles. The number of para-hydroxylation sites is 1. The van der Waals surface area contributed by atoms with Gasteiger partial charge in [0.15, 0.2) is 0 Å². The maximum atomic E-state index is 6.08. The molecule has 1 aromatic heterocycles. The van der Waals surface area contributed by atoms with E-state index >= 15 is 0 Å². The van der Waals surface area contributed by atoms with Gasteiger partial charge in [-0.1, -0.05) is 41.1 Å². The first kappa shape index (κ1) is 13.3. The molecule has 0 spiro atoms. The van der Waals surface area contributed by atoms with Crippen molar-refractivity contribution in [2.75, 3.05) is 5.73 Å².